The maximum absolute atomic E-state index is 11.5. The van der Waals surface area contributed by atoms with Gasteiger partial charge < -0.3 is 5.32 Å². The first-order chi connectivity index (χ1) is 6.74. The first-order valence-corrected chi connectivity index (χ1v) is 6.06. The van der Waals surface area contributed by atoms with E-state index >= 15 is 0 Å². The van der Waals surface area contributed by atoms with Crippen LogP contribution in [0.2, 0.25) is 0 Å². The summed E-state index contributed by atoms with van der Waals surface area (Å²) in [5.41, 5.74) is 0. The van der Waals surface area contributed by atoms with Crippen molar-refractivity contribution >= 4 is 28.8 Å². The van der Waals surface area contributed by atoms with Gasteiger partial charge in [-0.1, -0.05) is 6.07 Å². The molecule has 0 saturated heterocycles. The van der Waals surface area contributed by atoms with E-state index in [-0.39, 0.29) is 11.9 Å². The molecule has 1 atom stereocenters. The lowest BCUT2D eigenvalue weighted by Crippen LogP contribution is -2.31. The number of rotatable bonds is 5. The summed E-state index contributed by atoms with van der Waals surface area (Å²) in [7, 11) is 0. The highest BCUT2D eigenvalue weighted by Gasteiger charge is 2.09. The summed E-state index contributed by atoms with van der Waals surface area (Å²) in [5, 5.41) is 4.83. The molecular formula is C10H14ClNOS. The Morgan fingerprint density at radius 3 is 3.07 bits per heavy atom. The molecule has 4 heteroatoms. The van der Waals surface area contributed by atoms with Gasteiger partial charge in [0.15, 0.2) is 0 Å². The molecule has 78 valence electrons. The van der Waals surface area contributed by atoms with Crippen LogP contribution in [-0.4, -0.2) is 17.8 Å². The minimum Gasteiger partial charge on any atom is -0.349 e. The van der Waals surface area contributed by atoms with Gasteiger partial charge in [-0.05, 0) is 31.2 Å². The van der Waals surface area contributed by atoms with Crippen molar-refractivity contribution in [1.29, 1.82) is 0 Å². The zero-order valence-electron chi connectivity index (χ0n) is 8.13. The van der Waals surface area contributed by atoms with E-state index in [1.54, 1.807) is 0 Å². The third kappa shape index (κ3) is 3.68. The molecular weight excluding hydrogens is 218 g/mol. The molecule has 1 unspecified atom stereocenters. The lowest BCUT2D eigenvalue weighted by atomic mass is 10.2. The van der Waals surface area contributed by atoms with Gasteiger partial charge in [-0.2, -0.15) is 0 Å². The van der Waals surface area contributed by atoms with Crippen LogP contribution in [0.1, 0.15) is 29.4 Å². The van der Waals surface area contributed by atoms with E-state index in [4.69, 9.17) is 11.6 Å². The largest absolute Gasteiger partial charge is 0.349 e. The maximum Gasteiger partial charge on any atom is 0.261 e. The summed E-state index contributed by atoms with van der Waals surface area (Å²) in [6.07, 6.45) is 1.87. The average Bonchev–Trinajstić information content (AvgIpc) is 2.67. The lowest BCUT2D eigenvalue weighted by molar-refractivity contribution is 0.0942. The minimum atomic E-state index is 0.0158. The molecule has 0 spiro atoms. The highest BCUT2D eigenvalue weighted by Crippen LogP contribution is 2.09. The number of alkyl halides is 1. The summed E-state index contributed by atoms with van der Waals surface area (Å²) < 4.78 is 0. The van der Waals surface area contributed by atoms with Crippen LogP contribution < -0.4 is 5.32 Å². The predicted molar refractivity (Wildman–Crippen MR) is 61.2 cm³/mol. The van der Waals surface area contributed by atoms with E-state index in [9.17, 15) is 4.79 Å². The molecule has 1 rings (SSSR count). The Labute approximate surface area is 93.3 Å². The van der Waals surface area contributed by atoms with Crippen molar-refractivity contribution < 1.29 is 4.79 Å². The van der Waals surface area contributed by atoms with Crippen molar-refractivity contribution in [2.24, 2.45) is 0 Å². The molecule has 0 saturated carbocycles. The summed E-state index contributed by atoms with van der Waals surface area (Å²) in [6, 6.07) is 3.90. The average molecular weight is 232 g/mol. The number of hydrogen-bond donors (Lipinski definition) is 1. The third-order valence-electron chi connectivity index (χ3n) is 1.89. The van der Waals surface area contributed by atoms with E-state index in [1.807, 2.05) is 24.4 Å². The molecule has 0 aliphatic heterocycles. The van der Waals surface area contributed by atoms with Gasteiger partial charge in [-0.25, -0.2) is 0 Å². The van der Waals surface area contributed by atoms with Crippen LogP contribution in [0.15, 0.2) is 17.5 Å². The van der Waals surface area contributed by atoms with Crippen molar-refractivity contribution in [3.8, 4) is 0 Å². The molecule has 0 aliphatic carbocycles. The summed E-state index contributed by atoms with van der Waals surface area (Å²) >= 11 is 7.03. The molecule has 14 heavy (non-hydrogen) atoms. The van der Waals surface area contributed by atoms with Crippen molar-refractivity contribution in [2.75, 3.05) is 5.88 Å². The Bertz CT molecular complexity index is 274. The van der Waals surface area contributed by atoms with Gasteiger partial charge in [0.25, 0.3) is 5.91 Å². The lowest BCUT2D eigenvalue weighted by Gasteiger charge is -2.11. The second kappa shape index (κ2) is 6.04. The Morgan fingerprint density at radius 2 is 2.50 bits per heavy atom. The van der Waals surface area contributed by atoms with Gasteiger partial charge in [0, 0.05) is 11.9 Å². The van der Waals surface area contributed by atoms with Crippen molar-refractivity contribution in [2.45, 2.75) is 25.8 Å². The predicted octanol–water partition coefficient (Wildman–Crippen LogP) is 2.89. The van der Waals surface area contributed by atoms with Crippen LogP contribution in [0.3, 0.4) is 0 Å². The Balaban J connectivity index is 2.34. The normalized spacial score (nSPS) is 12.4. The van der Waals surface area contributed by atoms with Crippen molar-refractivity contribution in [1.82, 2.24) is 5.32 Å². The van der Waals surface area contributed by atoms with Gasteiger partial charge >= 0.3 is 0 Å². The zero-order chi connectivity index (χ0) is 10.4. The highest BCUT2D eigenvalue weighted by molar-refractivity contribution is 7.12. The van der Waals surface area contributed by atoms with Crippen LogP contribution in [0.25, 0.3) is 0 Å². The van der Waals surface area contributed by atoms with Crippen LogP contribution >= 0.6 is 22.9 Å². The number of hydrogen-bond acceptors (Lipinski definition) is 2. The number of carbonyl (C=O) groups excluding carboxylic acids is 1. The second-order valence-electron chi connectivity index (χ2n) is 3.18. The fourth-order valence-electron chi connectivity index (χ4n) is 1.16. The number of carbonyl (C=O) groups is 1. The Hall–Kier alpha value is -0.540. The maximum atomic E-state index is 11.5. The molecule has 0 fully saturated rings. The highest BCUT2D eigenvalue weighted by atomic mass is 35.5. The molecule has 2 nitrogen and oxygen atoms in total. The molecule has 0 aliphatic rings. The quantitative estimate of drug-likeness (QED) is 0.776. The number of amides is 1. The van der Waals surface area contributed by atoms with Gasteiger partial charge in [0.05, 0.1) is 4.88 Å². The van der Waals surface area contributed by atoms with Crippen molar-refractivity contribution in [3.63, 3.8) is 0 Å². The smallest absolute Gasteiger partial charge is 0.261 e. The van der Waals surface area contributed by atoms with E-state index in [1.165, 1.54) is 11.3 Å². The molecule has 0 aromatic carbocycles. The molecule has 1 aromatic rings. The topological polar surface area (TPSA) is 29.1 Å². The first kappa shape index (κ1) is 11.5. The van der Waals surface area contributed by atoms with Gasteiger partial charge in [-0.15, -0.1) is 22.9 Å². The summed E-state index contributed by atoms with van der Waals surface area (Å²) in [5.74, 6) is 0.668. The number of thiophene rings is 1. The number of nitrogens with one attached hydrogen (secondary N) is 1. The molecule has 0 bridgehead atoms. The van der Waals surface area contributed by atoms with E-state index in [0.29, 0.717) is 5.88 Å². The number of halogens is 1. The molecule has 1 heterocycles. The second-order valence-corrected chi connectivity index (χ2v) is 4.51. The van der Waals surface area contributed by atoms with Crippen LogP contribution in [0.4, 0.5) is 0 Å². The van der Waals surface area contributed by atoms with Crippen LogP contribution in [-0.2, 0) is 0 Å². The fraction of sp³-hybridized carbons (Fsp3) is 0.500. The third-order valence-corrected chi connectivity index (χ3v) is 3.03. The Morgan fingerprint density at radius 1 is 1.71 bits per heavy atom. The summed E-state index contributed by atoms with van der Waals surface area (Å²) in [6.45, 7) is 2.00. The van der Waals surface area contributed by atoms with Crippen LogP contribution in [0, 0.1) is 0 Å². The summed E-state index contributed by atoms with van der Waals surface area (Å²) in [4.78, 5) is 12.3. The molecule has 0 radical (unpaired) electrons. The standard InChI is InChI=1S/C10H14ClNOS/c1-8(4-2-6-11)12-10(13)9-5-3-7-14-9/h3,5,7-8H,2,4,6H2,1H3,(H,12,13). The molecule has 1 aromatic heterocycles. The minimum absolute atomic E-state index is 0.0158. The van der Waals surface area contributed by atoms with Crippen molar-refractivity contribution in [3.05, 3.63) is 22.4 Å². The van der Waals surface area contributed by atoms with Gasteiger partial charge in [0.1, 0.15) is 0 Å². The molecule has 1 amide bonds. The molecule has 1 N–H and O–H groups in total. The van der Waals surface area contributed by atoms with E-state index in [0.717, 1.165) is 17.7 Å². The fourth-order valence-corrected chi connectivity index (χ4v) is 1.94. The Kier molecular flexibility index (Phi) is 4.98. The van der Waals surface area contributed by atoms with E-state index in [2.05, 4.69) is 5.32 Å². The van der Waals surface area contributed by atoms with Crippen LogP contribution in [0.5, 0.6) is 0 Å². The SMILES string of the molecule is CC(CCCCl)NC(=O)c1cccs1. The first-order valence-electron chi connectivity index (χ1n) is 4.64. The van der Waals surface area contributed by atoms with E-state index < -0.39 is 0 Å². The zero-order valence-corrected chi connectivity index (χ0v) is 9.70. The van der Waals surface area contributed by atoms with Gasteiger partial charge in [-0.3, -0.25) is 4.79 Å². The monoisotopic (exact) mass is 231 g/mol. The van der Waals surface area contributed by atoms with Gasteiger partial charge in [0.2, 0.25) is 0 Å².